The highest BCUT2D eigenvalue weighted by atomic mass is 16.8. The fourth-order valence-corrected chi connectivity index (χ4v) is 5.65. The number of aliphatic hydroxyl groups excluding tert-OH is 4. The van der Waals surface area contributed by atoms with E-state index < -0.39 is 85.9 Å². The van der Waals surface area contributed by atoms with E-state index in [1.54, 1.807) is 0 Å². The third-order valence-electron chi connectivity index (χ3n) is 8.26. The van der Waals surface area contributed by atoms with Crippen LogP contribution in [0.4, 0.5) is 0 Å². The molecule has 0 saturated carbocycles. The molecule has 14 nitrogen and oxygen atoms in total. The summed E-state index contributed by atoms with van der Waals surface area (Å²) in [6.45, 7) is 3.40. The van der Waals surface area contributed by atoms with Crippen LogP contribution in [0.15, 0.2) is 12.2 Å². The number of carbonyl (C=O) groups excluding carboxylic acids is 3. The first-order valence-electron chi connectivity index (χ1n) is 16.4. The van der Waals surface area contributed by atoms with Gasteiger partial charge in [0.1, 0.15) is 55.9 Å². The van der Waals surface area contributed by atoms with Gasteiger partial charge in [0, 0.05) is 20.3 Å². The fourth-order valence-electron chi connectivity index (χ4n) is 5.65. The summed E-state index contributed by atoms with van der Waals surface area (Å²) in [4.78, 5) is 35.7. The number of hydrogen-bond acceptors (Lipinski definition) is 14. The van der Waals surface area contributed by atoms with Gasteiger partial charge in [-0.3, -0.25) is 14.4 Å². The minimum Gasteiger partial charge on any atom is -0.463 e. The Hall–Kier alpha value is -2.17. The zero-order valence-electron chi connectivity index (χ0n) is 27.1. The highest BCUT2D eigenvalue weighted by Crippen LogP contribution is 2.32. The highest BCUT2D eigenvalue weighted by molar-refractivity contribution is 5.69. The molecular weight excluding hydrogens is 608 g/mol. The molecule has 2 bridgehead atoms. The molecule has 4 heterocycles. The molecular formula is C32H52O14. The predicted octanol–water partition coefficient (Wildman–Crippen LogP) is 1.57. The van der Waals surface area contributed by atoms with Crippen molar-refractivity contribution >= 4 is 17.9 Å². The van der Waals surface area contributed by atoms with Gasteiger partial charge in [-0.15, -0.1) is 0 Å². The molecule has 264 valence electrons. The van der Waals surface area contributed by atoms with Gasteiger partial charge in [-0.1, -0.05) is 37.8 Å². The molecule has 11 unspecified atom stereocenters. The summed E-state index contributed by atoms with van der Waals surface area (Å²) >= 11 is 0. The normalized spacial score (nSPS) is 37.7. The van der Waals surface area contributed by atoms with Crippen LogP contribution in [0.1, 0.15) is 91.4 Å². The maximum Gasteiger partial charge on any atom is 0.306 e. The van der Waals surface area contributed by atoms with Crippen molar-refractivity contribution in [3.8, 4) is 0 Å². The van der Waals surface area contributed by atoms with E-state index in [9.17, 15) is 34.8 Å². The third kappa shape index (κ3) is 12.1. The minimum absolute atomic E-state index is 0.0919. The zero-order chi connectivity index (χ0) is 33.6. The second-order valence-electron chi connectivity index (χ2n) is 12.2. The topological polar surface area (TPSA) is 197 Å². The van der Waals surface area contributed by atoms with E-state index in [4.69, 9.17) is 33.2 Å². The largest absolute Gasteiger partial charge is 0.463 e. The van der Waals surface area contributed by atoms with Crippen molar-refractivity contribution in [2.75, 3.05) is 13.2 Å². The van der Waals surface area contributed by atoms with Crippen molar-refractivity contribution in [3.63, 3.8) is 0 Å². The van der Waals surface area contributed by atoms with Gasteiger partial charge < -0.3 is 53.6 Å². The summed E-state index contributed by atoms with van der Waals surface area (Å²) < 4.78 is 39.4. The van der Waals surface area contributed by atoms with Crippen molar-refractivity contribution in [3.05, 3.63) is 12.2 Å². The molecule has 0 aliphatic carbocycles. The Bertz CT molecular complexity index is 974. The molecule has 14 heteroatoms. The molecule has 2 fully saturated rings. The van der Waals surface area contributed by atoms with Gasteiger partial charge in [0.25, 0.3) is 0 Å². The molecule has 2 saturated heterocycles. The first-order chi connectivity index (χ1) is 22.0. The van der Waals surface area contributed by atoms with Crippen molar-refractivity contribution in [2.24, 2.45) is 0 Å². The third-order valence-corrected chi connectivity index (χ3v) is 8.26. The average molecular weight is 661 g/mol. The molecule has 4 N–H and O–H groups in total. The zero-order valence-corrected chi connectivity index (χ0v) is 27.1. The summed E-state index contributed by atoms with van der Waals surface area (Å²) in [5, 5.41) is 44.0. The molecule has 0 spiro atoms. The summed E-state index contributed by atoms with van der Waals surface area (Å²) in [5.41, 5.74) is 0. The molecule has 11 atom stereocenters. The maximum atomic E-state index is 12.7. The summed E-state index contributed by atoms with van der Waals surface area (Å²) in [6, 6.07) is 0. The van der Waals surface area contributed by atoms with Gasteiger partial charge in [0.15, 0.2) is 18.7 Å². The van der Waals surface area contributed by atoms with E-state index in [0.29, 0.717) is 12.8 Å². The number of allylic oxidation sites excluding steroid dienone is 2. The lowest BCUT2D eigenvalue weighted by atomic mass is 9.97. The molecule has 0 amide bonds. The molecule has 4 aliphatic rings. The lowest BCUT2D eigenvalue weighted by molar-refractivity contribution is -0.371. The van der Waals surface area contributed by atoms with E-state index in [1.807, 2.05) is 6.92 Å². The van der Waals surface area contributed by atoms with Crippen LogP contribution in [0.2, 0.25) is 0 Å². The summed E-state index contributed by atoms with van der Waals surface area (Å²) in [7, 11) is 0. The number of ether oxygens (including phenoxy) is 7. The van der Waals surface area contributed by atoms with Gasteiger partial charge in [-0.25, -0.2) is 0 Å². The molecule has 0 aromatic rings. The van der Waals surface area contributed by atoms with E-state index in [1.165, 1.54) is 13.8 Å². The van der Waals surface area contributed by atoms with E-state index in [0.717, 1.165) is 51.4 Å². The molecule has 0 radical (unpaired) electrons. The minimum atomic E-state index is -1.79. The van der Waals surface area contributed by atoms with E-state index in [2.05, 4.69) is 12.2 Å². The fraction of sp³-hybridized carbons (Fsp3) is 0.844. The highest BCUT2D eigenvalue weighted by Gasteiger charge is 2.52. The number of esters is 3. The van der Waals surface area contributed by atoms with Crippen LogP contribution in [-0.2, 0) is 47.5 Å². The second-order valence-corrected chi connectivity index (χ2v) is 12.2. The number of hydrogen-bond donors (Lipinski definition) is 4. The lowest BCUT2D eigenvalue weighted by Crippen LogP contribution is -2.65. The first kappa shape index (κ1) is 38.3. The maximum absolute atomic E-state index is 12.7. The van der Waals surface area contributed by atoms with Crippen LogP contribution >= 0.6 is 0 Å². The number of carbonyl (C=O) groups is 3. The van der Waals surface area contributed by atoms with Crippen molar-refractivity contribution in [2.45, 2.75) is 159 Å². The monoisotopic (exact) mass is 660 g/mol. The Morgan fingerprint density at radius 1 is 0.696 bits per heavy atom. The van der Waals surface area contributed by atoms with Crippen molar-refractivity contribution < 1.29 is 68.0 Å². The average Bonchev–Trinajstić information content (AvgIpc) is 3.00. The Balaban J connectivity index is 1.83. The Labute approximate surface area is 270 Å². The van der Waals surface area contributed by atoms with Gasteiger partial charge >= 0.3 is 17.9 Å². The SMILES string of the molecule is CC(=O)OCC1OC2OC(C)CCCCC=CCCCCCCCC(=O)OC3C(COC(C)=O)OC(OC2C(O)C1O)C(O)C3O. The van der Waals surface area contributed by atoms with Gasteiger partial charge in [-0.05, 0) is 45.4 Å². The Kier molecular flexibility index (Phi) is 16.3. The molecule has 46 heavy (non-hydrogen) atoms. The van der Waals surface area contributed by atoms with Crippen LogP contribution in [-0.4, -0.2) is 119 Å². The molecule has 0 aromatic heterocycles. The van der Waals surface area contributed by atoms with Crippen LogP contribution < -0.4 is 0 Å². The van der Waals surface area contributed by atoms with E-state index in [-0.39, 0.29) is 19.1 Å². The Morgan fingerprint density at radius 2 is 1.26 bits per heavy atom. The number of aliphatic hydroxyl groups is 4. The van der Waals surface area contributed by atoms with Crippen LogP contribution in [0.3, 0.4) is 0 Å². The standard InChI is InChI=1S/C32H52O14/c1-19-15-13-11-9-7-5-4-6-8-10-12-14-16-24(35)45-29-23(18-41-21(3)34)44-31(28(39)27(29)38)46-30-26(37)25(36)22(17-40-20(2)33)43-32(30)42-19/h5,7,19,22-23,25-32,36-39H,4,6,8-18H2,1-3H3. The van der Waals surface area contributed by atoms with E-state index >= 15 is 0 Å². The predicted molar refractivity (Wildman–Crippen MR) is 160 cm³/mol. The van der Waals surface area contributed by atoms with Gasteiger partial charge in [0.2, 0.25) is 0 Å². The quantitative estimate of drug-likeness (QED) is 0.193. The summed E-state index contributed by atoms with van der Waals surface area (Å²) in [5.74, 6) is -1.87. The number of fused-ring (bicyclic) bond motifs is 17. The van der Waals surface area contributed by atoms with Crippen molar-refractivity contribution in [1.29, 1.82) is 0 Å². The van der Waals surface area contributed by atoms with Gasteiger partial charge in [0.05, 0.1) is 6.10 Å². The summed E-state index contributed by atoms with van der Waals surface area (Å²) in [6.07, 6.45) is -2.06. The Morgan fingerprint density at radius 3 is 1.93 bits per heavy atom. The number of rotatable bonds is 4. The van der Waals surface area contributed by atoms with Crippen LogP contribution in [0.5, 0.6) is 0 Å². The van der Waals surface area contributed by atoms with Gasteiger partial charge in [-0.2, -0.15) is 0 Å². The van der Waals surface area contributed by atoms with Crippen LogP contribution in [0.25, 0.3) is 0 Å². The lowest BCUT2D eigenvalue weighted by Gasteiger charge is -2.47. The molecule has 4 aliphatic heterocycles. The van der Waals surface area contributed by atoms with Crippen LogP contribution in [0, 0.1) is 0 Å². The second kappa shape index (κ2) is 19.6. The first-order valence-corrected chi connectivity index (χ1v) is 16.4. The smallest absolute Gasteiger partial charge is 0.306 e. The van der Waals surface area contributed by atoms with Crippen molar-refractivity contribution in [1.82, 2.24) is 0 Å². The molecule has 0 aromatic carbocycles. The molecule has 4 rings (SSSR count).